The molecule has 2 aromatic rings. The molecule has 0 saturated carbocycles. The zero-order chi connectivity index (χ0) is 19.9. The van der Waals surface area contributed by atoms with Gasteiger partial charge < -0.3 is 14.6 Å². The van der Waals surface area contributed by atoms with E-state index >= 15 is 0 Å². The van der Waals surface area contributed by atoms with Gasteiger partial charge in [0.05, 0.1) is 15.1 Å². The molecule has 1 aliphatic heterocycles. The lowest BCUT2D eigenvalue weighted by molar-refractivity contribution is -0.187. The highest BCUT2D eigenvalue weighted by Gasteiger charge is 2.48. The molecule has 142 valence electrons. The number of hydrogen-bond donors (Lipinski definition) is 1. The second-order valence-electron chi connectivity index (χ2n) is 5.42. The minimum absolute atomic E-state index is 0.00649. The third-order valence-corrected chi connectivity index (χ3v) is 5.90. The van der Waals surface area contributed by atoms with Crippen LogP contribution in [0.2, 0.25) is 5.02 Å². The van der Waals surface area contributed by atoms with Crippen LogP contribution in [0.1, 0.15) is 5.56 Å². The number of halogens is 6. The first-order valence-electron chi connectivity index (χ1n) is 7.21. The Hall–Kier alpha value is -1.71. The molecule has 0 bridgehead atoms. The molecular weight excluding hydrogens is 520 g/mol. The normalized spacial score (nSPS) is 16.2. The van der Waals surface area contributed by atoms with E-state index in [4.69, 9.17) is 26.2 Å². The molecule has 1 unspecified atom stereocenters. The summed E-state index contributed by atoms with van der Waals surface area (Å²) in [5, 5.41) is 9.06. The third-order valence-electron chi connectivity index (χ3n) is 3.58. The Morgan fingerprint density at radius 2 is 1.96 bits per heavy atom. The van der Waals surface area contributed by atoms with Gasteiger partial charge >= 0.3 is 12.1 Å². The van der Waals surface area contributed by atoms with Gasteiger partial charge in [0.2, 0.25) is 6.10 Å². The molecule has 1 aliphatic rings. The summed E-state index contributed by atoms with van der Waals surface area (Å²) in [6, 6.07) is 7.71. The molecule has 0 aliphatic carbocycles. The lowest BCUT2D eigenvalue weighted by Crippen LogP contribution is -2.40. The van der Waals surface area contributed by atoms with E-state index in [2.05, 4.69) is 31.9 Å². The highest BCUT2D eigenvalue weighted by molar-refractivity contribution is 9.13. The molecule has 3 rings (SSSR count). The fraction of sp³-hybridized carbons (Fsp3) is 0.118. The van der Waals surface area contributed by atoms with E-state index in [1.165, 1.54) is 12.1 Å². The summed E-state index contributed by atoms with van der Waals surface area (Å²) < 4.78 is 51.5. The van der Waals surface area contributed by atoms with Crippen LogP contribution >= 0.6 is 43.5 Å². The van der Waals surface area contributed by atoms with Crippen molar-refractivity contribution >= 4 is 55.5 Å². The molecule has 4 nitrogen and oxygen atoms in total. The first-order chi connectivity index (χ1) is 12.6. The minimum atomic E-state index is -4.90. The van der Waals surface area contributed by atoms with Crippen molar-refractivity contribution in [2.75, 3.05) is 0 Å². The highest BCUT2D eigenvalue weighted by atomic mass is 79.9. The van der Waals surface area contributed by atoms with Crippen molar-refractivity contribution in [1.82, 2.24) is 0 Å². The van der Waals surface area contributed by atoms with Crippen molar-refractivity contribution in [2.24, 2.45) is 0 Å². The number of fused-ring (bicyclic) bond motifs is 1. The van der Waals surface area contributed by atoms with E-state index in [9.17, 15) is 18.0 Å². The van der Waals surface area contributed by atoms with Gasteiger partial charge in [0.1, 0.15) is 17.2 Å². The van der Waals surface area contributed by atoms with Gasteiger partial charge in [-0.1, -0.05) is 17.7 Å². The Labute approximate surface area is 172 Å². The van der Waals surface area contributed by atoms with E-state index in [0.717, 1.165) is 6.08 Å². The number of benzene rings is 2. The van der Waals surface area contributed by atoms with Crippen molar-refractivity contribution in [3.8, 4) is 17.2 Å². The van der Waals surface area contributed by atoms with E-state index in [0.29, 0.717) is 14.7 Å². The first-order valence-corrected chi connectivity index (χ1v) is 9.18. The van der Waals surface area contributed by atoms with Crippen LogP contribution in [-0.2, 0) is 4.79 Å². The Kier molecular flexibility index (Phi) is 5.47. The molecule has 1 heterocycles. The third kappa shape index (κ3) is 4.09. The molecule has 0 radical (unpaired) electrons. The van der Waals surface area contributed by atoms with Crippen molar-refractivity contribution in [2.45, 2.75) is 12.3 Å². The van der Waals surface area contributed by atoms with E-state index in [-0.39, 0.29) is 22.1 Å². The number of rotatable bonds is 3. The largest absolute Gasteiger partial charge is 0.478 e. The highest BCUT2D eigenvalue weighted by Crippen LogP contribution is 2.44. The summed E-state index contributed by atoms with van der Waals surface area (Å²) in [6.45, 7) is 0. The molecule has 0 spiro atoms. The Bertz CT molecular complexity index is 960. The van der Waals surface area contributed by atoms with Crippen molar-refractivity contribution in [1.29, 1.82) is 0 Å². The van der Waals surface area contributed by atoms with Crippen LogP contribution in [0.4, 0.5) is 13.2 Å². The lowest BCUT2D eigenvalue weighted by Gasteiger charge is -2.27. The molecule has 0 saturated heterocycles. The predicted octanol–water partition coefficient (Wildman–Crippen LogP) is 6.45. The molecule has 0 aromatic heterocycles. The maximum absolute atomic E-state index is 13.2. The van der Waals surface area contributed by atoms with Crippen LogP contribution in [-0.4, -0.2) is 23.4 Å². The van der Waals surface area contributed by atoms with Crippen LogP contribution in [0, 0.1) is 0 Å². The summed E-state index contributed by atoms with van der Waals surface area (Å²) in [6.07, 6.45) is -6.65. The second kappa shape index (κ2) is 7.37. The molecule has 0 amide bonds. The van der Waals surface area contributed by atoms with Crippen LogP contribution in [0.15, 0.2) is 44.9 Å². The van der Waals surface area contributed by atoms with Crippen molar-refractivity contribution in [3.05, 3.63) is 55.4 Å². The molecule has 2 aromatic carbocycles. The first kappa shape index (κ1) is 20.0. The molecule has 1 atom stereocenters. The molecule has 1 N–H and O–H groups in total. The quantitative estimate of drug-likeness (QED) is 0.498. The van der Waals surface area contributed by atoms with E-state index in [1.54, 1.807) is 18.2 Å². The zero-order valence-electron chi connectivity index (χ0n) is 13.0. The average molecular weight is 529 g/mol. The monoisotopic (exact) mass is 526 g/mol. The molecule has 27 heavy (non-hydrogen) atoms. The number of alkyl halides is 3. The van der Waals surface area contributed by atoms with Crippen LogP contribution in [0.5, 0.6) is 17.2 Å². The maximum Gasteiger partial charge on any atom is 0.430 e. The van der Waals surface area contributed by atoms with Crippen molar-refractivity contribution in [3.63, 3.8) is 0 Å². The standard InChI is InChI=1S/C17H8Br2ClF3O4/c18-10-2-1-3-12(14(10)19)26-7-4-11(20)8-6-9(16(24)25)15(17(21,22)23)27-13(8)5-7/h1-6,15H,(H,24,25). The number of carboxylic acids is 1. The molecule has 10 heteroatoms. The summed E-state index contributed by atoms with van der Waals surface area (Å²) in [4.78, 5) is 11.2. The second-order valence-corrected chi connectivity index (χ2v) is 7.47. The zero-order valence-corrected chi connectivity index (χ0v) is 16.9. The molecular formula is C17H8Br2ClF3O4. The van der Waals surface area contributed by atoms with Crippen LogP contribution < -0.4 is 9.47 Å². The number of carboxylic acid groups (broad SMARTS) is 1. The SMILES string of the molecule is O=C(O)C1=Cc2c(Cl)cc(Oc3cccc(Br)c3Br)cc2OC1C(F)(F)F. The van der Waals surface area contributed by atoms with Crippen LogP contribution in [0.3, 0.4) is 0 Å². The summed E-state index contributed by atoms with van der Waals surface area (Å²) >= 11 is 12.8. The van der Waals surface area contributed by atoms with Gasteiger partial charge in [-0.3, -0.25) is 0 Å². The fourth-order valence-corrected chi connectivity index (χ4v) is 3.34. The number of aliphatic carboxylic acids is 1. The van der Waals surface area contributed by atoms with E-state index < -0.39 is 23.8 Å². The average Bonchev–Trinajstić information content (AvgIpc) is 2.57. The number of hydrogen-bond acceptors (Lipinski definition) is 3. The van der Waals surface area contributed by atoms with Gasteiger partial charge in [0.25, 0.3) is 0 Å². The summed E-state index contributed by atoms with van der Waals surface area (Å²) in [5.41, 5.74) is -0.907. The lowest BCUT2D eigenvalue weighted by atomic mass is 10.0. The topological polar surface area (TPSA) is 55.8 Å². The predicted molar refractivity (Wildman–Crippen MR) is 99.5 cm³/mol. The van der Waals surface area contributed by atoms with Gasteiger partial charge in [0, 0.05) is 22.2 Å². The smallest absolute Gasteiger partial charge is 0.430 e. The van der Waals surface area contributed by atoms with E-state index in [1.807, 2.05) is 0 Å². The fourth-order valence-electron chi connectivity index (χ4n) is 2.39. The van der Waals surface area contributed by atoms with Crippen LogP contribution in [0.25, 0.3) is 6.08 Å². The van der Waals surface area contributed by atoms with Gasteiger partial charge in [-0.25, -0.2) is 4.79 Å². The Morgan fingerprint density at radius 1 is 1.26 bits per heavy atom. The van der Waals surface area contributed by atoms with Gasteiger partial charge in [-0.2, -0.15) is 13.2 Å². The number of ether oxygens (including phenoxy) is 2. The minimum Gasteiger partial charge on any atom is -0.478 e. The Balaban J connectivity index is 2.04. The summed E-state index contributed by atoms with van der Waals surface area (Å²) in [7, 11) is 0. The summed E-state index contributed by atoms with van der Waals surface area (Å²) in [5.74, 6) is -1.44. The van der Waals surface area contributed by atoms with Gasteiger partial charge in [-0.05, 0) is 50.1 Å². The molecule has 0 fully saturated rings. The maximum atomic E-state index is 13.2. The Morgan fingerprint density at radius 3 is 2.59 bits per heavy atom. The number of carbonyl (C=O) groups is 1. The van der Waals surface area contributed by atoms with Gasteiger partial charge in [0.15, 0.2) is 0 Å². The van der Waals surface area contributed by atoms with Crippen molar-refractivity contribution < 1.29 is 32.5 Å². The van der Waals surface area contributed by atoms with Gasteiger partial charge in [-0.15, -0.1) is 0 Å².